The summed E-state index contributed by atoms with van der Waals surface area (Å²) in [4.78, 5) is 0. The molecule has 3 aromatic carbocycles. The van der Waals surface area contributed by atoms with E-state index in [1.807, 2.05) is 24.3 Å². The lowest BCUT2D eigenvalue weighted by atomic mass is 9.62. The van der Waals surface area contributed by atoms with E-state index in [0.717, 1.165) is 24.2 Å². The third-order valence-electron chi connectivity index (χ3n) is 5.28. The van der Waals surface area contributed by atoms with Gasteiger partial charge in [0, 0.05) is 16.8 Å². The summed E-state index contributed by atoms with van der Waals surface area (Å²) in [6, 6.07) is 25.5. The minimum absolute atomic E-state index is 0.129. The number of nitrogen functional groups attached to an aromatic ring is 2. The van der Waals surface area contributed by atoms with Gasteiger partial charge < -0.3 is 11.5 Å². The normalized spacial score (nSPS) is 15.7. The number of rotatable bonds is 2. The van der Waals surface area contributed by atoms with Crippen LogP contribution in [0.4, 0.5) is 11.4 Å². The van der Waals surface area contributed by atoms with Crippen molar-refractivity contribution in [2.45, 2.75) is 24.7 Å². The molecule has 0 bridgehead atoms. The van der Waals surface area contributed by atoms with Crippen LogP contribution >= 0.6 is 0 Å². The van der Waals surface area contributed by atoms with Crippen LogP contribution in [0.25, 0.3) is 0 Å². The first kappa shape index (κ1) is 14.8. The van der Waals surface area contributed by atoms with E-state index in [9.17, 15) is 0 Å². The van der Waals surface area contributed by atoms with Crippen molar-refractivity contribution in [1.82, 2.24) is 0 Å². The largest absolute Gasteiger partial charge is 0.399 e. The van der Waals surface area contributed by atoms with Crippen LogP contribution < -0.4 is 11.5 Å². The smallest absolute Gasteiger partial charge is 0.0454 e. The first-order valence-corrected chi connectivity index (χ1v) is 8.50. The van der Waals surface area contributed by atoms with Crippen molar-refractivity contribution in [1.29, 1.82) is 0 Å². The highest BCUT2D eigenvalue weighted by Gasteiger charge is 2.39. The van der Waals surface area contributed by atoms with Crippen LogP contribution in [-0.2, 0) is 11.8 Å². The number of benzene rings is 3. The zero-order valence-electron chi connectivity index (χ0n) is 13.7. The first-order valence-electron chi connectivity index (χ1n) is 8.50. The van der Waals surface area contributed by atoms with Crippen LogP contribution in [0.2, 0.25) is 0 Å². The fourth-order valence-electron chi connectivity index (χ4n) is 4.13. The Morgan fingerprint density at radius 2 is 1.21 bits per heavy atom. The van der Waals surface area contributed by atoms with E-state index < -0.39 is 0 Å². The number of fused-ring (bicyclic) bond motifs is 1. The summed E-state index contributed by atoms with van der Waals surface area (Å²) >= 11 is 0. The lowest BCUT2D eigenvalue weighted by Crippen LogP contribution is -2.33. The molecule has 0 radical (unpaired) electrons. The molecule has 1 aliphatic rings. The summed E-state index contributed by atoms with van der Waals surface area (Å²) < 4.78 is 0. The van der Waals surface area contributed by atoms with Gasteiger partial charge in [-0.05, 0) is 65.8 Å². The Labute approximate surface area is 143 Å². The number of anilines is 2. The number of hydrogen-bond acceptors (Lipinski definition) is 2. The third-order valence-corrected chi connectivity index (χ3v) is 5.28. The van der Waals surface area contributed by atoms with Gasteiger partial charge in [0.25, 0.3) is 0 Å². The molecule has 2 heteroatoms. The quantitative estimate of drug-likeness (QED) is 0.683. The summed E-state index contributed by atoms with van der Waals surface area (Å²) in [5.74, 6) is 0. The second-order valence-electron chi connectivity index (χ2n) is 6.66. The van der Waals surface area contributed by atoms with Crippen LogP contribution in [0.5, 0.6) is 0 Å². The van der Waals surface area contributed by atoms with Crippen molar-refractivity contribution in [3.63, 3.8) is 0 Å². The van der Waals surface area contributed by atoms with Crippen LogP contribution in [0, 0.1) is 0 Å². The summed E-state index contributed by atoms with van der Waals surface area (Å²) in [7, 11) is 0. The minimum Gasteiger partial charge on any atom is -0.399 e. The molecule has 0 amide bonds. The Morgan fingerprint density at radius 3 is 1.79 bits per heavy atom. The van der Waals surface area contributed by atoms with Crippen molar-refractivity contribution >= 4 is 11.4 Å². The van der Waals surface area contributed by atoms with E-state index in [2.05, 4.69) is 48.5 Å². The molecule has 0 unspecified atom stereocenters. The van der Waals surface area contributed by atoms with Gasteiger partial charge in [0.2, 0.25) is 0 Å². The Hall–Kier alpha value is -2.74. The van der Waals surface area contributed by atoms with Gasteiger partial charge in [-0.2, -0.15) is 0 Å². The summed E-state index contributed by atoms with van der Waals surface area (Å²) in [5.41, 5.74) is 18.8. The molecule has 0 fully saturated rings. The third kappa shape index (κ3) is 2.26. The predicted molar refractivity (Wildman–Crippen MR) is 101 cm³/mol. The molecule has 0 aliphatic heterocycles. The van der Waals surface area contributed by atoms with E-state index in [0.29, 0.717) is 0 Å². The zero-order chi connectivity index (χ0) is 16.6. The maximum Gasteiger partial charge on any atom is 0.0454 e. The summed E-state index contributed by atoms with van der Waals surface area (Å²) in [5, 5.41) is 0. The molecule has 1 aliphatic carbocycles. The topological polar surface area (TPSA) is 52.0 Å². The number of hydrogen-bond donors (Lipinski definition) is 2. The Balaban J connectivity index is 2.01. The molecular formula is C22H22N2. The van der Waals surface area contributed by atoms with Gasteiger partial charge in [0.1, 0.15) is 0 Å². The second-order valence-corrected chi connectivity index (χ2v) is 6.66. The van der Waals surface area contributed by atoms with Gasteiger partial charge in [-0.3, -0.25) is 0 Å². The average Bonchev–Trinajstić information content (AvgIpc) is 2.62. The van der Waals surface area contributed by atoms with Crippen LogP contribution in [0.3, 0.4) is 0 Å². The fourth-order valence-corrected chi connectivity index (χ4v) is 4.13. The molecule has 0 spiro atoms. The molecule has 4 N–H and O–H groups in total. The summed E-state index contributed by atoms with van der Waals surface area (Å²) in [6.45, 7) is 0. The molecule has 0 saturated carbocycles. The molecule has 3 aromatic rings. The Bertz CT molecular complexity index is 802. The van der Waals surface area contributed by atoms with Crippen molar-refractivity contribution in [3.8, 4) is 0 Å². The standard InChI is InChI=1S/C22H22N2/c23-19-11-7-17(8-12-19)22(18-9-13-20(24)14-10-18)15-3-5-16-4-1-2-6-21(16)22/h1-2,4,6-14H,3,5,15,23-24H2. The van der Waals surface area contributed by atoms with Crippen LogP contribution in [0.1, 0.15) is 35.1 Å². The van der Waals surface area contributed by atoms with Crippen molar-refractivity contribution in [3.05, 3.63) is 95.1 Å². The van der Waals surface area contributed by atoms with E-state index >= 15 is 0 Å². The zero-order valence-corrected chi connectivity index (χ0v) is 13.7. The van der Waals surface area contributed by atoms with Gasteiger partial charge in [-0.25, -0.2) is 0 Å². The van der Waals surface area contributed by atoms with Crippen LogP contribution in [-0.4, -0.2) is 0 Å². The molecular weight excluding hydrogens is 292 g/mol. The van der Waals surface area contributed by atoms with Gasteiger partial charge in [0.15, 0.2) is 0 Å². The summed E-state index contributed by atoms with van der Waals surface area (Å²) in [6.07, 6.45) is 3.41. The van der Waals surface area contributed by atoms with Gasteiger partial charge in [-0.15, -0.1) is 0 Å². The predicted octanol–water partition coefficient (Wildman–Crippen LogP) is 4.52. The first-order chi connectivity index (χ1) is 11.7. The lowest BCUT2D eigenvalue weighted by molar-refractivity contribution is 0.498. The van der Waals surface area contributed by atoms with Gasteiger partial charge >= 0.3 is 0 Å². The van der Waals surface area contributed by atoms with Crippen molar-refractivity contribution in [2.75, 3.05) is 11.5 Å². The maximum atomic E-state index is 5.94. The Morgan fingerprint density at radius 1 is 0.667 bits per heavy atom. The SMILES string of the molecule is Nc1ccc(C2(c3ccc(N)cc3)CCCc3ccccc32)cc1. The van der Waals surface area contributed by atoms with Gasteiger partial charge in [0.05, 0.1) is 0 Å². The van der Waals surface area contributed by atoms with Gasteiger partial charge in [-0.1, -0.05) is 48.5 Å². The average molecular weight is 314 g/mol. The van der Waals surface area contributed by atoms with Crippen molar-refractivity contribution < 1.29 is 0 Å². The molecule has 120 valence electrons. The number of aryl methyl sites for hydroxylation is 1. The highest BCUT2D eigenvalue weighted by molar-refractivity contribution is 5.57. The van der Waals surface area contributed by atoms with Crippen molar-refractivity contribution in [2.24, 2.45) is 0 Å². The molecule has 0 aromatic heterocycles. The van der Waals surface area contributed by atoms with E-state index in [1.54, 1.807) is 0 Å². The molecule has 0 atom stereocenters. The number of nitrogens with two attached hydrogens (primary N) is 2. The monoisotopic (exact) mass is 314 g/mol. The second kappa shape index (κ2) is 5.72. The minimum atomic E-state index is -0.129. The molecule has 24 heavy (non-hydrogen) atoms. The Kier molecular flexibility index (Phi) is 3.53. The lowest BCUT2D eigenvalue weighted by Gasteiger charge is -2.40. The van der Waals surface area contributed by atoms with E-state index in [1.165, 1.54) is 28.7 Å². The molecule has 2 nitrogen and oxygen atoms in total. The maximum absolute atomic E-state index is 5.94. The molecule has 0 saturated heterocycles. The van der Waals surface area contributed by atoms with E-state index in [-0.39, 0.29) is 5.41 Å². The van der Waals surface area contributed by atoms with Crippen LogP contribution in [0.15, 0.2) is 72.8 Å². The molecule has 4 rings (SSSR count). The van der Waals surface area contributed by atoms with E-state index in [4.69, 9.17) is 11.5 Å². The highest BCUT2D eigenvalue weighted by Crippen LogP contribution is 2.47. The highest BCUT2D eigenvalue weighted by atomic mass is 14.5. The molecule has 0 heterocycles. The fraction of sp³-hybridized carbons (Fsp3) is 0.182.